The summed E-state index contributed by atoms with van der Waals surface area (Å²) in [6.07, 6.45) is 7.55. The molecule has 2 aromatic rings. The predicted molar refractivity (Wildman–Crippen MR) is 114 cm³/mol. The minimum atomic E-state index is -1.01. The molecule has 1 aliphatic carbocycles. The Labute approximate surface area is 176 Å². The number of amides is 1. The molecule has 0 saturated heterocycles. The zero-order valence-electron chi connectivity index (χ0n) is 18.0. The van der Waals surface area contributed by atoms with E-state index in [4.69, 9.17) is 9.72 Å². The lowest BCUT2D eigenvalue weighted by atomic mass is 9.91. The van der Waals surface area contributed by atoms with Crippen molar-refractivity contribution in [3.8, 4) is 11.3 Å². The molecule has 8 nitrogen and oxygen atoms in total. The van der Waals surface area contributed by atoms with Crippen LogP contribution in [0.4, 0.5) is 11.6 Å². The average Bonchev–Trinajstić information content (AvgIpc) is 2.72. The van der Waals surface area contributed by atoms with Crippen molar-refractivity contribution in [2.24, 2.45) is 0 Å². The van der Waals surface area contributed by atoms with Crippen molar-refractivity contribution in [3.63, 3.8) is 0 Å². The summed E-state index contributed by atoms with van der Waals surface area (Å²) >= 11 is 0. The first kappa shape index (κ1) is 20.7. The Morgan fingerprint density at radius 3 is 2.57 bits per heavy atom. The largest absolute Gasteiger partial charge is 0.384 e. The number of nitrogens with zero attached hydrogens (tertiary/aromatic N) is 4. The van der Waals surface area contributed by atoms with Crippen molar-refractivity contribution >= 4 is 17.5 Å². The van der Waals surface area contributed by atoms with Crippen LogP contribution in [-0.2, 0) is 15.1 Å². The van der Waals surface area contributed by atoms with E-state index in [1.165, 1.54) is 0 Å². The lowest BCUT2D eigenvalue weighted by Gasteiger charge is -2.39. The number of fused-ring (bicyclic) bond motifs is 1. The Morgan fingerprint density at radius 1 is 1.20 bits per heavy atom. The number of aliphatic hydroxyl groups is 1. The molecule has 0 unspecified atom stereocenters. The molecule has 0 bridgehead atoms. The molecule has 1 amide bonds. The number of carbonyl (C=O) groups excluding carboxylic acids is 1. The number of anilines is 2. The molecule has 0 aromatic carbocycles. The van der Waals surface area contributed by atoms with Gasteiger partial charge in [0.15, 0.2) is 11.6 Å². The van der Waals surface area contributed by atoms with Gasteiger partial charge in [0, 0.05) is 24.9 Å². The van der Waals surface area contributed by atoms with Gasteiger partial charge in [0.1, 0.15) is 5.60 Å². The van der Waals surface area contributed by atoms with E-state index < -0.39 is 5.60 Å². The van der Waals surface area contributed by atoms with Crippen LogP contribution in [0.25, 0.3) is 11.3 Å². The van der Waals surface area contributed by atoms with Gasteiger partial charge in [-0.1, -0.05) is 0 Å². The number of hydrogen-bond donors (Lipinski definition) is 2. The van der Waals surface area contributed by atoms with E-state index in [0.717, 1.165) is 36.8 Å². The maximum atomic E-state index is 12.3. The fourth-order valence-electron chi connectivity index (χ4n) is 4.25. The summed E-state index contributed by atoms with van der Waals surface area (Å²) < 4.78 is 5.49. The number of hydrogen-bond acceptors (Lipinski definition) is 7. The number of ether oxygens (including phenoxy) is 1. The minimum Gasteiger partial charge on any atom is -0.384 e. The molecular formula is C22H29N5O3. The van der Waals surface area contributed by atoms with Crippen molar-refractivity contribution in [3.05, 3.63) is 29.7 Å². The molecule has 0 spiro atoms. The van der Waals surface area contributed by atoms with Gasteiger partial charge in [0.05, 0.1) is 30.2 Å². The molecule has 2 aromatic heterocycles. The SMILES string of the molecule is CO[C@H]1CC[C@@H](N2CC(=O)Nc3ncc(-c4cnc(C(C)(C)O)cc4C)nc32)CC1. The average molecular weight is 412 g/mol. The van der Waals surface area contributed by atoms with Gasteiger partial charge in [-0.25, -0.2) is 9.97 Å². The number of aromatic nitrogens is 3. The number of nitrogens with one attached hydrogen (secondary N) is 1. The standard InChI is InChI=1S/C22H29N5O3/c1-13-9-18(22(2,3)29)23-10-16(13)17-11-24-20-21(25-17)27(12-19(28)26-20)14-5-7-15(30-4)8-6-14/h9-11,14-15,29H,5-8,12H2,1-4H3,(H,24,26,28)/t14-,15+. The molecule has 2 N–H and O–H groups in total. The molecule has 3 heterocycles. The summed E-state index contributed by atoms with van der Waals surface area (Å²) in [5, 5.41) is 13.1. The van der Waals surface area contributed by atoms with Crippen LogP contribution in [0.15, 0.2) is 18.5 Å². The van der Waals surface area contributed by atoms with Crippen molar-refractivity contribution in [2.75, 3.05) is 23.9 Å². The van der Waals surface area contributed by atoms with Crippen molar-refractivity contribution in [1.29, 1.82) is 0 Å². The fourth-order valence-corrected chi connectivity index (χ4v) is 4.25. The Kier molecular flexibility index (Phi) is 5.46. The molecule has 8 heteroatoms. The van der Waals surface area contributed by atoms with Crippen LogP contribution in [-0.4, -0.2) is 51.8 Å². The molecular weight excluding hydrogens is 382 g/mol. The zero-order valence-corrected chi connectivity index (χ0v) is 18.0. The molecule has 0 radical (unpaired) electrons. The van der Waals surface area contributed by atoms with E-state index in [-0.39, 0.29) is 18.5 Å². The Balaban J connectivity index is 1.67. The summed E-state index contributed by atoms with van der Waals surface area (Å²) in [4.78, 5) is 28.1. The smallest absolute Gasteiger partial charge is 0.245 e. The lowest BCUT2D eigenvalue weighted by Crippen LogP contribution is -2.47. The highest BCUT2D eigenvalue weighted by molar-refractivity contribution is 5.99. The third kappa shape index (κ3) is 4.02. The van der Waals surface area contributed by atoms with E-state index >= 15 is 0 Å². The van der Waals surface area contributed by atoms with Crippen molar-refractivity contribution in [1.82, 2.24) is 15.0 Å². The van der Waals surface area contributed by atoms with E-state index in [0.29, 0.717) is 29.1 Å². The summed E-state index contributed by atoms with van der Waals surface area (Å²) in [6.45, 7) is 5.68. The van der Waals surface area contributed by atoms with Crippen LogP contribution >= 0.6 is 0 Å². The molecule has 0 atom stereocenters. The summed E-state index contributed by atoms with van der Waals surface area (Å²) in [5.41, 5.74) is 2.13. The monoisotopic (exact) mass is 411 g/mol. The molecule has 30 heavy (non-hydrogen) atoms. The molecule has 4 rings (SSSR count). The van der Waals surface area contributed by atoms with Gasteiger partial charge in [0.25, 0.3) is 0 Å². The van der Waals surface area contributed by atoms with Gasteiger partial charge >= 0.3 is 0 Å². The number of rotatable bonds is 4. The number of aryl methyl sites for hydroxylation is 1. The molecule has 1 aliphatic heterocycles. The van der Waals surface area contributed by atoms with E-state index in [9.17, 15) is 9.90 Å². The van der Waals surface area contributed by atoms with E-state index in [1.807, 2.05) is 13.0 Å². The highest BCUT2D eigenvalue weighted by atomic mass is 16.5. The van der Waals surface area contributed by atoms with Crippen LogP contribution in [0.2, 0.25) is 0 Å². The first-order chi connectivity index (χ1) is 14.3. The Hall–Kier alpha value is -2.58. The normalized spacial score (nSPS) is 21.9. The summed E-state index contributed by atoms with van der Waals surface area (Å²) in [7, 11) is 1.76. The zero-order chi connectivity index (χ0) is 21.5. The number of carbonyl (C=O) groups is 1. The first-order valence-electron chi connectivity index (χ1n) is 10.4. The second-order valence-corrected chi connectivity index (χ2v) is 8.71. The van der Waals surface area contributed by atoms with Gasteiger partial charge in [-0.3, -0.25) is 9.78 Å². The molecule has 2 aliphatic rings. The molecule has 1 fully saturated rings. The van der Waals surface area contributed by atoms with Gasteiger partial charge in [-0.05, 0) is 58.1 Å². The summed E-state index contributed by atoms with van der Waals surface area (Å²) in [6, 6.07) is 2.12. The van der Waals surface area contributed by atoms with Gasteiger partial charge < -0.3 is 20.1 Å². The van der Waals surface area contributed by atoms with Crippen LogP contribution in [0.3, 0.4) is 0 Å². The first-order valence-corrected chi connectivity index (χ1v) is 10.4. The third-order valence-electron chi connectivity index (χ3n) is 6.03. The van der Waals surface area contributed by atoms with Crippen LogP contribution < -0.4 is 10.2 Å². The minimum absolute atomic E-state index is 0.0641. The molecule has 160 valence electrons. The predicted octanol–water partition coefficient (Wildman–Crippen LogP) is 2.79. The maximum Gasteiger partial charge on any atom is 0.245 e. The number of pyridine rings is 1. The lowest BCUT2D eigenvalue weighted by molar-refractivity contribution is -0.115. The Bertz CT molecular complexity index is 948. The van der Waals surface area contributed by atoms with Crippen LogP contribution in [0.1, 0.15) is 50.8 Å². The number of methoxy groups -OCH3 is 1. The second-order valence-electron chi connectivity index (χ2n) is 8.71. The van der Waals surface area contributed by atoms with Gasteiger partial charge in [0.2, 0.25) is 5.91 Å². The van der Waals surface area contributed by atoms with Crippen molar-refractivity contribution < 1.29 is 14.6 Å². The van der Waals surface area contributed by atoms with Gasteiger partial charge in [-0.2, -0.15) is 0 Å². The van der Waals surface area contributed by atoms with Crippen LogP contribution in [0.5, 0.6) is 0 Å². The summed E-state index contributed by atoms with van der Waals surface area (Å²) in [5.74, 6) is 1.15. The van der Waals surface area contributed by atoms with Gasteiger partial charge in [-0.15, -0.1) is 0 Å². The molecule has 1 saturated carbocycles. The topological polar surface area (TPSA) is 100 Å². The Morgan fingerprint density at radius 2 is 1.93 bits per heavy atom. The van der Waals surface area contributed by atoms with E-state index in [2.05, 4.69) is 20.2 Å². The quantitative estimate of drug-likeness (QED) is 0.798. The van der Waals surface area contributed by atoms with Crippen LogP contribution in [0, 0.1) is 6.92 Å². The fraction of sp³-hybridized carbons (Fsp3) is 0.545. The highest BCUT2D eigenvalue weighted by Crippen LogP contribution is 2.35. The second kappa shape index (κ2) is 7.92. The van der Waals surface area contributed by atoms with E-state index in [1.54, 1.807) is 33.4 Å². The maximum absolute atomic E-state index is 12.3. The third-order valence-corrected chi connectivity index (χ3v) is 6.03. The van der Waals surface area contributed by atoms with Crippen molar-refractivity contribution in [2.45, 2.75) is 64.2 Å². The highest BCUT2D eigenvalue weighted by Gasteiger charge is 2.33.